The number of rotatable bonds is 4. The average molecular weight is 287 g/mol. The number of para-hydroxylation sites is 1. The van der Waals surface area contributed by atoms with Crippen LogP contribution in [0.3, 0.4) is 0 Å². The van der Waals surface area contributed by atoms with Crippen LogP contribution in [0.15, 0.2) is 24.3 Å². The molecule has 0 spiro atoms. The predicted octanol–water partition coefficient (Wildman–Crippen LogP) is 2.15. The van der Waals surface area contributed by atoms with Crippen LogP contribution >= 0.6 is 0 Å². The minimum absolute atomic E-state index is 0.0812. The highest BCUT2D eigenvalue weighted by molar-refractivity contribution is 5.92. The molecule has 0 aromatic heterocycles. The van der Waals surface area contributed by atoms with Gasteiger partial charge in [0.1, 0.15) is 0 Å². The van der Waals surface area contributed by atoms with Crippen molar-refractivity contribution in [2.24, 2.45) is 0 Å². The van der Waals surface area contributed by atoms with Crippen molar-refractivity contribution in [2.45, 2.75) is 50.7 Å². The van der Waals surface area contributed by atoms with E-state index in [1.54, 1.807) is 0 Å². The minimum atomic E-state index is 0.0812. The third-order valence-electron chi connectivity index (χ3n) is 4.88. The summed E-state index contributed by atoms with van der Waals surface area (Å²) in [6.07, 6.45) is 4.93. The molecule has 0 saturated carbocycles. The number of nitrogens with one attached hydrogen (secondary N) is 2. The Labute approximate surface area is 126 Å². The molecule has 2 bridgehead atoms. The van der Waals surface area contributed by atoms with Gasteiger partial charge in [-0.3, -0.25) is 9.69 Å². The van der Waals surface area contributed by atoms with E-state index in [1.807, 2.05) is 31.2 Å². The molecule has 4 nitrogen and oxygen atoms in total. The molecular formula is C17H25N3O. The van der Waals surface area contributed by atoms with E-state index in [2.05, 4.69) is 22.6 Å². The zero-order valence-corrected chi connectivity index (χ0v) is 12.9. The van der Waals surface area contributed by atoms with Gasteiger partial charge in [-0.2, -0.15) is 0 Å². The normalized spacial score (nSPS) is 27.9. The third-order valence-corrected chi connectivity index (χ3v) is 4.88. The fraction of sp³-hybridized carbons (Fsp3) is 0.588. The number of piperidine rings is 1. The van der Waals surface area contributed by atoms with Crippen molar-refractivity contribution in [1.82, 2.24) is 10.2 Å². The Bertz CT molecular complexity index is 505. The second kappa shape index (κ2) is 6.16. The summed E-state index contributed by atoms with van der Waals surface area (Å²) < 4.78 is 0. The molecule has 1 aromatic carbocycles. The summed E-state index contributed by atoms with van der Waals surface area (Å²) in [6.45, 7) is 2.49. The van der Waals surface area contributed by atoms with Gasteiger partial charge in [0.25, 0.3) is 0 Å². The summed E-state index contributed by atoms with van der Waals surface area (Å²) in [5, 5.41) is 6.67. The van der Waals surface area contributed by atoms with E-state index in [4.69, 9.17) is 0 Å². The Morgan fingerprint density at radius 3 is 2.62 bits per heavy atom. The summed E-state index contributed by atoms with van der Waals surface area (Å²) in [6, 6.07) is 9.78. The number of hydrogen-bond acceptors (Lipinski definition) is 3. The van der Waals surface area contributed by atoms with Crippen molar-refractivity contribution in [3.63, 3.8) is 0 Å². The molecule has 1 amide bonds. The minimum Gasteiger partial charge on any atom is -0.325 e. The smallest absolute Gasteiger partial charge is 0.238 e. The molecule has 2 aliphatic heterocycles. The van der Waals surface area contributed by atoms with Crippen LogP contribution in [-0.2, 0) is 4.79 Å². The van der Waals surface area contributed by atoms with Crippen LogP contribution < -0.4 is 10.6 Å². The van der Waals surface area contributed by atoms with E-state index in [1.165, 1.54) is 25.7 Å². The molecule has 1 aromatic rings. The second-order valence-electron chi connectivity index (χ2n) is 6.54. The number of nitrogens with zero attached hydrogens (tertiary/aromatic N) is 1. The largest absolute Gasteiger partial charge is 0.325 e. The Morgan fingerprint density at radius 2 is 1.95 bits per heavy atom. The van der Waals surface area contributed by atoms with Crippen molar-refractivity contribution in [3.05, 3.63) is 29.8 Å². The van der Waals surface area contributed by atoms with Crippen LogP contribution in [0.1, 0.15) is 31.2 Å². The number of anilines is 1. The van der Waals surface area contributed by atoms with E-state index in [-0.39, 0.29) is 5.91 Å². The highest BCUT2D eigenvalue weighted by atomic mass is 16.2. The quantitative estimate of drug-likeness (QED) is 0.892. The number of hydrogen-bond donors (Lipinski definition) is 2. The van der Waals surface area contributed by atoms with E-state index in [9.17, 15) is 4.79 Å². The van der Waals surface area contributed by atoms with Crippen LogP contribution in [0.5, 0.6) is 0 Å². The number of benzene rings is 1. The highest BCUT2D eigenvalue weighted by Gasteiger charge is 2.35. The van der Waals surface area contributed by atoms with E-state index in [0.29, 0.717) is 24.7 Å². The SMILES string of the molecule is Cc1ccccc1NC(=O)CN(C)C1CC2CCC(C1)N2. The van der Waals surface area contributed by atoms with Crippen molar-refractivity contribution >= 4 is 11.6 Å². The number of fused-ring (bicyclic) bond motifs is 2. The van der Waals surface area contributed by atoms with Gasteiger partial charge in [0.05, 0.1) is 6.54 Å². The van der Waals surface area contributed by atoms with Gasteiger partial charge in [-0.25, -0.2) is 0 Å². The maximum absolute atomic E-state index is 12.2. The predicted molar refractivity (Wildman–Crippen MR) is 85.4 cm³/mol. The summed E-state index contributed by atoms with van der Waals surface area (Å²) in [4.78, 5) is 14.5. The molecule has 4 heteroatoms. The lowest BCUT2D eigenvalue weighted by Crippen LogP contribution is -2.48. The fourth-order valence-electron chi connectivity index (χ4n) is 3.65. The first-order chi connectivity index (χ1) is 10.1. The average Bonchev–Trinajstić information content (AvgIpc) is 2.80. The first-order valence-corrected chi connectivity index (χ1v) is 7.93. The third kappa shape index (κ3) is 3.44. The monoisotopic (exact) mass is 287 g/mol. The van der Waals surface area contributed by atoms with Crippen molar-refractivity contribution in [2.75, 3.05) is 18.9 Å². The Balaban J connectivity index is 1.54. The summed E-state index contributed by atoms with van der Waals surface area (Å²) in [5.74, 6) is 0.0812. The lowest BCUT2D eigenvalue weighted by atomic mass is 9.98. The van der Waals surface area contributed by atoms with Crippen molar-refractivity contribution in [1.29, 1.82) is 0 Å². The molecule has 21 heavy (non-hydrogen) atoms. The van der Waals surface area contributed by atoms with Gasteiger partial charge in [0, 0.05) is 23.8 Å². The first kappa shape index (κ1) is 14.5. The molecule has 0 radical (unpaired) electrons. The molecule has 2 atom stereocenters. The van der Waals surface area contributed by atoms with E-state index < -0.39 is 0 Å². The first-order valence-electron chi connectivity index (χ1n) is 7.93. The molecule has 2 aliphatic rings. The van der Waals surface area contributed by atoms with Crippen LogP contribution in [0.4, 0.5) is 5.69 Å². The second-order valence-corrected chi connectivity index (χ2v) is 6.54. The van der Waals surface area contributed by atoms with Gasteiger partial charge in [-0.1, -0.05) is 18.2 Å². The molecule has 2 N–H and O–H groups in total. The molecule has 2 heterocycles. The van der Waals surface area contributed by atoms with Gasteiger partial charge in [0.15, 0.2) is 0 Å². The van der Waals surface area contributed by atoms with Gasteiger partial charge in [0.2, 0.25) is 5.91 Å². The standard InChI is InChI=1S/C17H25N3O/c1-12-5-3-4-6-16(12)19-17(21)11-20(2)15-9-13-7-8-14(10-15)18-13/h3-6,13-15,18H,7-11H2,1-2H3,(H,19,21). The lowest BCUT2D eigenvalue weighted by molar-refractivity contribution is -0.117. The molecule has 2 saturated heterocycles. The van der Waals surface area contributed by atoms with Crippen LogP contribution in [-0.4, -0.2) is 42.5 Å². The van der Waals surface area contributed by atoms with Gasteiger partial charge < -0.3 is 10.6 Å². The number of amides is 1. The zero-order valence-electron chi connectivity index (χ0n) is 12.9. The maximum atomic E-state index is 12.2. The van der Waals surface area contributed by atoms with Crippen molar-refractivity contribution in [3.8, 4) is 0 Å². The molecule has 2 unspecified atom stereocenters. The Kier molecular flexibility index (Phi) is 4.27. The molecule has 114 valence electrons. The fourth-order valence-corrected chi connectivity index (χ4v) is 3.65. The Hall–Kier alpha value is -1.39. The number of likely N-dealkylation sites (N-methyl/N-ethyl adjacent to an activating group) is 1. The molecule has 2 fully saturated rings. The van der Waals surface area contributed by atoms with Crippen LogP contribution in [0, 0.1) is 6.92 Å². The van der Waals surface area contributed by atoms with Crippen LogP contribution in [0.2, 0.25) is 0 Å². The van der Waals surface area contributed by atoms with Crippen LogP contribution in [0.25, 0.3) is 0 Å². The van der Waals surface area contributed by atoms with E-state index >= 15 is 0 Å². The van der Waals surface area contributed by atoms with Crippen molar-refractivity contribution < 1.29 is 4.79 Å². The van der Waals surface area contributed by atoms with E-state index in [0.717, 1.165) is 11.3 Å². The number of carbonyl (C=O) groups excluding carboxylic acids is 1. The number of carbonyl (C=O) groups is 1. The van der Waals surface area contributed by atoms with Gasteiger partial charge in [-0.15, -0.1) is 0 Å². The Morgan fingerprint density at radius 1 is 1.29 bits per heavy atom. The molecule has 3 rings (SSSR count). The molecule has 0 aliphatic carbocycles. The summed E-state index contributed by atoms with van der Waals surface area (Å²) in [7, 11) is 2.08. The summed E-state index contributed by atoms with van der Waals surface area (Å²) >= 11 is 0. The topological polar surface area (TPSA) is 44.4 Å². The maximum Gasteiger partial charge on any atom is 0.238 e. The lowest BCUT2D eigenvalue weighted by Gasteiger charge is -2.35. The number of aryl methyl sites for hydroxylation is 1. The van der Waals surface area contributed by atoms with Gasteiger partial charge in [-0.05, 0) is 51.3 Å². The van der Waals surface area contributed by atoms with Gasteiger partial charge >= 0.3 is 0 Å². The summed E-state index contributed by atoms with van der Waals surface area (Å²) in [5.41, 5.74) is 2.02. The molecular weight excluding hydrogens is 262 g/mol. The zero-order chi connectivity index (χ0) is 14.8. The highest BCUT2D eigenvalue weighted by Crippen LogP contribution is 2.29.